The molecule has 1 atom stereocenters. The first-order chi connectivity index (χ1) is 11.8. The molecule has 0 bridgehead atoms. The number of hydrogen-bond acceptors (Lipinski definition) is 5. The number of aromatic nitrogens is 2. The molecule has 1 aromatic carbocycles. The molecule has 0 aliphatic carbocycles. The molecule has 5 heteroatoms. The third-order valence-electron chi connectivity index (χ3n) is 5.08. The van der Waals surface area contributed by atoms with Gasteiger partial charge in [-0.05, 0) is 37.0 Å². The molecular weight excluding hydrogens is 300 g/mol. The van der Waals surface area contributed by atoms with Crippen molar-refractivity contribution in [3.63, 3.8) is 0 Å². The van der Waals surface area contributed by atoms with E-state index in [2.05, 4.69) is 51.0 Å². The maximum atomic E-state index is 5.83. The van der Waals surface area contributed by atoms with Gasteiger partial charge in [0.2, 0.25) is 5.95 Å². The van der Waals surface area contributed by atoms with Crippen molar-refractivity contribution in [3.8, 4) is 5.75 Å². The van der Waals surface area contributed by atoms with Gasteiger partial charge in [0.15, 0.2) is 0 Å². The minimum Gasteiger partial charge on any atom is -0.493 e. The van der Waals surface area contributed by atoms with Gasteiger partial charge in [0.25, 0.3) is 0 Å². The van der Waals surface area contributed by atoms with Crippen LogP contribution < -0.4 is 9.64 Å². The smallest absolute Gasteiger partial charge is 0.225 e. The van der Waals surface area contributed by atoms with Gasteiger partial charge in [0.05, 0.1) is 6.61 Å². The Morgan fingerprint density at radius 1 is 1.12 bits per heavy atom. The number of piperazine rings is 1. The average Bonchev–Trinajstić information content (AvgIpc) is 2.68. The van der Waals surface area contributed by atoms with Crippen molar-refractivity contribution < 1.29 is 4.74 Å². The predicted molar refractivity (Wildman–Crippen MR) is 93.3 cm³/mol. The fraction of sp³-hybridized carbons (Fsp3) is 0.474. The number of fused-ring (bicyclic) bond motifs is 1. The summed E-state index contributed by atoms with van der Waals surface area (Å²) >= 11 is 0. The number of nitrogens with zero attached hydrogens (tertiary/aromatic N) is 4. The van der Waals surface area contributed by atoms with E-state index in [1.807, 2.05) is 0 Å². The molecular formula is C19H23N4O. The zero-order chi connectivity index (χ0) is 16.4. The lowest BCUT2D eigenvalue weighted by Gasteiger charge is -2.38. The second-order valence-electron chi connectivity index (χ2n) is 6.50. The van der Waals surface area contributed by atoms with E-state index in [0.717, 1.165) is 57.3 Å². The van der Waals surface area contributed by atoms with Crippen molar-refractivity contribution in [1.82, 2.24) is 14.9 Å². The number of rotatable bonds is 3. The zero-order valence-corrected chi connectivity index (χ0v) is 14.1. The van der Waals surface area contributed by atoms with Crippen LogP contribution in [0.1, 0.15) is 30.5 Å². The topological polar surface area (TPSA) is 41.5 Å². The van der Waals surface area contributed by atoms with Crippen molar-refractivity contribution in [2.24, 2.45) is 0 Å². The minimum absolute atomic E-state index is 0.396. The standard InChI is InChI=1S/C19H23N4O/c1-15(17-6-5-16-4-2-13-24-18(16)14-17)22-9-11-23(12-10-22)19-20-7-3-8-21-19/h5-8,14-15H,2,4,9-13H2,1H3. The van der Waals surface area contributed by atoms with Crippen LogP contribution in [0.15, 0.2) is 30.6 Å². The summed E-state index contributed by atoms with van der Waals surface area (Å²) in [5.41, 5.74) is 2.69. The van der Waals surface area contributed by atoms with Crippen LogP contribution >= 0.6 is 0 Å². The van der Waals surface area contributed by atoms with Gasteiger partial charge in [-0.2, -0.15) is 0 Å². The van der Waals surface area contributed by atoms with Gasteiger partial charge in [-0.15, -0.1) is 0 Å². The highest BCUT2D eigenvalue weighted by Crippen LogP contribution is 2.30. The van der Waals surface area contributed by atoms with Crippen LogP contribution in [0.5, 0.6) is 5.75 Å². The molecule has 0 spiro atoms. The highest BCUT2D eigenvalue weighted by atomic mass is 16.5. The number of hydrogen-bond donors (Lipinski definition) is 0. The van der Waals surface area contributed by atoms with E-state index in [-0.39, 0.29) is 0 Å². The van der Waals surface area contributed by atoms with Gasteiger partial charge >= 0.3 is 0 Å². The zero-order valence-electron chi connectivity index (χ0n) is 14.1. The maximum Gasteiger partial charge on any atom is 0.225 e. The maximum absolute atomic E-state index is 5.83. The Morgan fingerprint density at radius 3 is 2.71 bits per heavy atom. The van der Waals surface area contributed by atoms with Crippen molar-refractivity contribution in [3.05, 3.63) is 47.8 Å². The lowest BCUT2D eigenvalue weighted by Crippen LogP contribution is -2.47. The van der Waals surface area contributed by atoms with Crippen LogP contribution in [0.2, 0.25) is 0 Å². The second kappa shape index (κ2) is 6.77. The van der Waals surface area contributed by atoms with Crippen molar-refractivity contribution in [2.75, 3.05) is 37.7 Å². The molecule has 5 nitrogen and oxygen atoms in total. The molecule has 2 aliphatic rings. The van der Waals surface area contributed by atoms with Gasteiger partial charge in [-0.25, -0.2) is 9.97 Å². The van der Waals surface area contributed by atoms with E-state index >= 15 is 0 Å². The molecule has 1 saturated heterocycles. The Balaban J connectivity index is 1.42. The Hall–Kier alpha value is -2.14. The van der Waals surface area contributed by atoms with Gasteiger partial charge in [-0.3, -0.25) is 4.90 Å². The molecule has 4 rings (SSSR count). The second-order valence-corrected chi connectivity index (χ2v) is 6.50. The summed E-state index contributed by atoms with van der Waals surface area (Å²) in [4.78, 5) is 13.4. The first kappa shape index (κ1) is 15.4. The Labute approximate surface area is 143 Å². The molecule has 0 saturated carbocycles. The molecule has 0 N–H and O–H groups in total. The van der Waals surface area contributed by atoms with E-state index in [1.54, 1.807) is 12.4 Å². The molecule has 125 valence electrons. The largest absolute Gasteiger partial charge is 0.493 e. The molecule has 2 aromatic rings. The summed E-state index contributed by atoms with van der Waals surface area (Å²) in [6.07, 6.45) is 5.63. The highest BCUT2D eigenvalue weighted by Gasteiger charge is 2.24. The van der Waals surface area contributed by atoms with E-state index in [9.17, 15) is 0 Å². The van der Waals surface area contributed by atoms with Gasteiger partial charge in [0.1, 0.15) is 5.75 Å². The molecule has 1 unspecified atom stereocenters. The first-order valence-corrected chi connectivity index (χ1v) is 8.74. The summed E-state index contributed by atoms with van der Waals surface area (Å²) in [6.45, 7) is 7.07. The summed E-state index contributed by atoms with van der Waals surface area (Å²) in [5, 5.41) is 0. The van der Waals surface area contributed by atoms with Crippen molar-refractivity contribution in [1.29, 1.82) is 0 Å². The monoisotopic (exact) mass is 323 g/mol. The summed E-state index contributed by atoms with van der Waals surface area (Å²) in [7, 11) is 0. The normalized spacial score (nSPS) is 19.5. The SMILES string of the molecule is CC(c1ccc2c(c1)OCCC2)N1CCN(c2nc[c]cn2)CC1. The molecule has 24 heavy (non-hydrogen) atoms. The molecule has 0 amide bonds. The first-order valence-electron chi connectivity index (χ1n) is 8.74. The molecule has 2 aliphatic heterocycles. The van der Waals surface area contributed by atoms with Gasteiger partial charge < -0.3 is 9.64 Å². The average molecular weight is 323 g/mol. The molecule has 1 aromatic heterocycles. The molecule has 1 radical (unpaired) electrons. The van der Waals surface area contributed by atoms with Gasteiger partial charge in [0, 0.05) is 50.7 Å². The number of ether oxygens (including phenoxy) is 1. The van der Waals surface area contributed by atoms with E-state index in [0.29, 0.717) is 6.04 Å². The van der Waals surface area contributed by atoms with Crippen LogP contribution in [-0.4, -0.2) is 47.7 Å². The highest BCUT2D eigenvalue weighted by molar-refractivity contribution is 5.40. The fourth-order valence-electron chi connectivity index (χ4n) is 3.56. The third kappa shape index (κ3) is 3.08. The van der Waals surface area contributed by atoms with Crippen LogP contribution in [0.3, 0.4) is 0 Å². The summed E-state index contributed by atoms with van der Waals surface area (Å²) < 4.78 is 5.83. The Bertz CT molecular complexity index is 683. The lowest BCUT2D eigenvalue weighted by molar-refractivity contribution is 0.197. The van der Waals surface area contributed by atoms with E-state index < -0.39 is 0 Å². The fourth-order valence-corrected chi connectivity index (χ4v) is 3.56. The van der Waals surface area contributed by atoms with Gasteiger partial charge in [-0.1, -0.05) is 12.1 Å². The number of anilines is 1. The quantitative estimate of drug-likeness (QED) is 0.868. The number of aryl methyl sites for hydroxylation is 1. The molecule has 1 fully saturated rings. The Morgan fingerprint density at radius 2 is 1.92 bits per heavy atom. The van der Waals surface area contributed by atoms with Crippen LogP contribution in [-0.2, 0) is 6.42 Å². The van der Waals surface area contributed by atoms with Crippen molar-refractivity contribution >= 4 is 5.95 Å². The van der Waals surface area contributed by atoms with Crippen LogP contribution in [0.4, 0.5) is 5.95 Å². The summed E-state index contributed by atoms with van der Waals surface area (Å²) in [5.74, 6) is 1.89. The number of benzene rings is 1. The third-order valence-corrected chi connectivity index (χ3v) is 5.08. The van der Waals surface area contributed by atoms with Crippen LogP contribution in [0.25, 0.3) is 0 Å². The van der Waals surface area contributed by atoms with E-state index in [4.69, 9.17) is 4.74 Å². The summed E-state index contributed by atoms with van der Waals surface area (Å²) in [6, 6.07) is 10.0. The molecule has 3 heterocycles. The van der Waals surface area contributed by atoms with Crippen molar-refractivity contribution in [2.45, 2.75) is 25.8 Å². The Kier molecular flexibility index (Phi) is 4.34. The lowest BCUT2D eigenvalue weighted by atomic mass is 10.00. The predicted octanol–water partition coefficient (Wildman–Crippen LogP) is 2.48. The minimum atomic E-state index is 0.396. The van der Waals surface area contributed by atoms with Crippen LogP contribution in [0, 0.1) is 6.07 Å². The van der Waals surface area contributed by atoms with E-state index in [1.165, 1.54) is 11.1 Å².